The van der Waals surface area contributed by atoms with Gasteiger partial charge in [0.05, 0.1) is 17.4 Å². The molecule has 1 aromatic rings. The quantitative estimate of drug-likeness (QED) is 0.784. The largest absolute Gasteiger partial charge is 0.444 e. The Morgan fingerprint density at radius 1 is 1.26 bits per heavy atom. The van der Waals surface area contributed by atoms with E-state index in [2.05, 4.69) is 0 Å². The van der Waals surface area contributed by atoms with Crippen LogP contribution in [-0.2, 0) is 20.5 Å². The van der Waals surface area contributed by atoms with Crippen LogP contribution in [-0.4, -0.2) is 55.5 Å². The molecule has 1 amide bonds. The maximum absolute atomic E-state index is 12.7. The predicted octanol–water partition coefficient (Wildman–Crippen LogP) is 2.72. The molecule has 0 saturated carbocycles. The van der Waals surface area contributed by atoms with Crippen LogP contribution in [0.3, 0.4) is 0 Å². The molecular formula is C19H27N3O4S. The van der Waals surface area contributed by atoms with Crippen LogP contribution < -0.4 is 0 Å². The number of sulfonamides is 1. The van der Waals surface area contributed by atoms with Crippen LogP contribution in [0.1, 0.15) is 44.7 Å². The van der Waals surface area contributed by atoms with E-state index in [1.54, 1.807) is 36.2 Å². The summed E-state index contributed by atoms with van der Waals surface area (Å²) in [6, 6.07) is 8.42. The molecule has 1 heterocycles. The Kier molecular flexibility index (Phi) is 6.50. The lowest BCUT2D eigenvalue weighted by atomic mass is 10.1. The van der Waals surface area contributed by atoms with Crippen molar-refractivity contribution in [2.24, 2.45) is 0 Å². The van der Waals surface area contributed by atoms with Crippen LogP contribution in [0.5, 0.6) is 0 Å². The molecule has 0 aliphatic carbocycles. The molecule has 1 aliphatic heterocycles. The van der Waals surface area contributed by atoms with E-state index in [0.29, 0.717) is 37.1 Å². The molecule has 7 nitrogen and oxygen atoms in total. The normalized spacial score (nSPS) is 16.2. The minimum atomic E-state index is -3.48. The van der Waals surface area contributed by atoms with Gasteiger partial charge in [-0.25, -0.2) is 17.5 Å². The molecular weight excluding hydrogens is 366 g/mol. The third-order valence-electron chi connectivity index (χ3n) is 4.50. The van der Waals surface area contributed by atoms with E-state index in [0.717, 1.165) is 0 Å². The lowest BCUT2D eigenvalue weighted by molar-refractivity contribution is 0.0183. The van der Waals surface area contributed by atoms with E-state index < -0.39 is 15.6 Å². The summed E-state index contributed by atoms with van der Waals surface area (Å²) in [4.78, 5) is 13.8. The highest BCUT2D eigenvalue weighted by Crippen LogP contribution is 2.22. The number of piperidine rings is 1. The van der Waals surface area contributed by atoms with Gasteiger partial charge >= 0.3 is 6.09 Å². The third-order valence-corrected chi connectivity index (χ3v) is 6.38. The molecule has 27 heavy (non-hydrogen) atoms. The monoisotopic (exact) mass is 393 g/mol. The summed E-state index contributed by atoms with van der Waals surface area (Å²) in [5, 5.41) is 8.83. The summed E-state index contributed by atoms with van der Waals surface area (Å²) in [5.74, 6) is -0.110. The minimum Gasteiger partial charge on any atom is -0.444 e. The fraction of sp³-hybridized carbons (Fsp3) is 0.579. The molecule has 1 aliphatic rings. The van der Waals surface area contributed by atoms with Crippen LogP contribution >= 0.6 is 0 Å². The van der Waals surface area contributed by atoms with Crippen molar-refractivity contribution >= 4 is 16.1 Å². The SMILES string of the molecule is CN(C1CCN(C(=O)OC(C)(C)C)CC1)S(=O)(=O)Cc1ccc(C#N)cc1. The third kappa shape index (κ3) is 5.94. The highest BCUT2D eigenvalue weighted by molar-refractivity contribution is 7.88. The molecule has 0 spiro atoms. The van der Waals surface area contributed by atoms with Crippen molar-refractivity contribution in [3.63, 3.8) is 0 Å². The fourth-order valence-electron chi connectivity index (χ4n) is 2.95. The molecule has 1 saturated heterocycles. The topological polar surface area (TPSA) is 90.7 Å². The van der Waals surface area contributed by atoms with Gasteiger partial charge in [-0.3, -0.25) is 0 Å². The summed E-state index contributed by atoms with van der Waals surface area (Å²) >= 11 is 0. The van der Waals surface area contributed by atoms with Crippen molar-refractivity contribution in [1.29, 1.82) is 5.26 Å². The maximum Gasteiger partial charge on any atom is 0.410 e. The van der Waals surface area contributed by atoms with Crippen LogP contribution in [0.2, 0.25) is 0 Å². The van der Waals surface area contributed by atoms with Gasteiger partial charge in [-0.15, -0.1) is 0 Å². The zero-order valence-electron chi connectivity index (χ0n) is 16.3. The second-order valence-corrected chi connectivity index (χ2v) is 9.81. The number of carbonyl (C=O) groups is 1. The Hall–Kier alpha value is -2.11. The fourth-order valence-corrected chi connectivity index (χ4v) is 4.44. The van der Waals surface area contributed by atoms with Crippen molar-refractivity contribution in [3.05, 3.63) is 35.4 Å². The Morgan fingerprint density at radius 2 is 1.81 bits per heavy atom. The molecule has 8 heteroatoms. The Balaban J connectivity index is 1.94. The summed E-state index contributed by atoms with van der Waals surface area (Å²) < 4.78 is 32.2. The maximum atomic E-state index is 12.7. The smallest absolute Gasteiger partial charge is 0.410 e. The van der Waals surface area contributed by atoms with Gasteiger partial charge in [-0.1, -0.05) is 12.1 Å². The second kappa shape index (κ2) is 8.28. The highest BCUT2D eigenvalue weighted by atomic mass is 32.2. The van der Waals surface area contributed by atoms with Crippen molar-refractivity contribution in [3.8, 4) is 6.07 Å². The Labute approximate surface area is 161 Å². The lowest BCUT2D eigenvalue weighted by Crippen LogP contribution is -2.48. The summed E-state index contributed by atoms with van der Waals surface area (Å²) in [5.41, 5.74) is 0.598. The minimum absolute atomic E-state index is 0.110. The predicted molar refractivity (Wildman–Crippen MR) is 102 cm³/mol. The number of hydrogen-bond donors (Lipinski definition) is 0. The summed E-state index contributed by atoms with van der Waals surface area (Å²) in [7, 11) is -1.89. The Morgan fingerprint density at radius 3 is 2.30 bits per heavy atom. The van der Waals surface area contributed by atoms with Gasteiger partial charge < -0.3 is 9.64 Å². The lowest BCUT2D eigenvalue weighted by Gasteiger charge is -2.36. The summed E-state index contributed by atoms with van der Waals surface area (Å²) in [6.45, 7) is 6.40. The first-order valence-corrected chi connectivity index (χ1v) is 10.6. The number of amides is 1. The molecule has 0 unspecified atom stereocenters. The first kappa shape index (κ1) is 21.2. The molecule has 0 radical (unpaired) electrons. The van der Waals surface area contributed by atoms with Crippen molar-refractivity contribution in [2.45, 2.75) is 51.0 Å². The van der Waals surface area contributed by atoms with Crippen LogP contribution in [0, 0.1) is 11.3 Å². The molecule has 0 bridgehead atoms. The molecule has 0 N–H and O–H groups in total. The van der Waals surface area contributed by atoms with E-state index in [4.69, 9.17) is 10.00 Å². The first-order chi connectivity index (χ1) is 12.5. The number of benzene rings is 1. The number of nitriles is 1. The van der Waals surface area contributed by atoms with Gasteiger partial charge in [-0.05, 0) is 51.3 Å². The van der Waals surface area contributed by atoms with E-state index in [9.17, 15) is 13.2 Å². The van der Waals surface area contributed by atoms with Gasteiger partial charge in [0.15, 0.2) is 0 Å². The Bertz CT molecular complexity index is 799. The van der Waals surface area contributed by atoms with E-state index >= 15 is 0 Å². The standard InChI is InChI=1S/C19H27N3O4S/c1-19(2,3)26-18(23)22-11-9-17(10-12-22)21(4)27(24,25)14-16-7-5-15(13-20)6-8-16/h5-8,17H,9-12,14H2,1-4H3. The number of ether oxygens (including phenoxy) is 1. The number of carbonyl (C=O) groups excluding carboxylic acids is 1. The number of likely N-dealkylation sites (tertiary alicyclic amines) is 1. The summed E-state index contributed by atoms with van der Waals surface area (Å²) in [6.07, 6.45) is 0.786. The molecule has 1 fully saturated rings. The van der Waals surface area contributed by atoms with Crippen molar-refractivity contribution in [2.75, 3.05) is 20.1 Å². The zero-order chi connectivity index (χ0) is 20.2. The number of nitrogens with zero attached hydrogens (tertiary/aromatic N) is 3. The molecule has 0 atom stereocenters. The van der Waals surface area contributed by atoms with Crippen LogP contribution in [0.4, 0.5) is 4.79 Å². The molecule has 0 aromatic heterocycles. The average molecular weight is 394 g/mol. The highest BCUT2D eigenvalue weighted by Gasteiger charge is 2.32. The molecule has 148 valence electrons. The van der Waals surface area contributed by atoms with Crippen molar-refractivity contribution in [1.82, 2.24) is 9.21 Å². The van der Waals surface area contributed by atoms with Crippen LogP contribution in [0.15, 0.2) is 24.3 Å². The van der Waals surface area contributed by atoms with E-state index in [1.807, 2.05) is 26.8 Å². The number of hydrogen-bond acceptors (Lipinski definition) is 5. The number of rotatable bonds is 4. The van der Waals surface area contributed by atoms with Gasteiger partial charge in [-0.2, -0.15) is 5.26 Å². The molecule has 2 rings (SSSR count). The van der Waals surface area contributed by atoms with Gasteiger partial charge in [0, 0.05) is 26.2 Å². The van der Waals surface area contributed by atoms with E-state index in [1.165, 1.54) is 4.31 Å². The zero-order valence-corrected chi connectivity index (χ0v) is 17.1. The van der Waals surface area contributed by atoms with E-state index in [-0.39, 0.29) is 17.9 Å². The average Bonchev–Trinajstić information content (AvgIpc) is 2.60. The van der Waals surface area contributed by atoms with Crippen molar-refractivity contribution < 1.29 is 17.9 Å². The van der Waals surface area contributed by atoms with Crippen LogP contribution in [0.25, 0.3) is 0 Å². The first-order valence-electron chi connectivity index (χ1n) is 8.94. The second-order valence-electron chi connectivity index (χ2n) is 7.78. The van der Waals surface area contributed by atoms with Gasteiger partial charge in [0.1, 0.15) is 5.60 Å². The van der Waals surface area contributed by atoms with Gasteiger partial charge in [0.2, 0.25) is 10.0 Å². The van der Waals surface area contributed by atoms with Gasteiger partial charge in [0.25, 0.3) is 0 Å². The molecule has 1 aromatic carbocycles.